The van der Waals surface area contributed by atoms with E-state index in [4.69, 9.17) is 14.2 Å². The molecule has 0 saturated carbocycles. The summed E-state index contributed by atoms with van der Waals surface area (Å²) in [7, 11) is 1.65. The van der Waals surface area contributed by atoms with Crippen molar-refractivity contribution in [1.29, 1.82) is 0 Å². The minimum atomic E-state index is 0.430. The molecule has 1 aliphatic rings. The Morgan fingerprint density at radius 3 is 2.81 bits per heavy atom. The number of rotatable bonds is 3. The Morgan fingerprint density at radius 1 is 1.38 bits per heavy atom. The first-order chi connectivity index (χ1) is 7.70. The average Bonchev–Trinajstić information content (AvgIpc) is 2.27. The number of hydrogen-bond acceptors (Lipinski definition) is 3. The Morgan fingerprint density at radius 2 is 2.12 bits per heavy atom. The van der Waals surface area contributed by atoms with Gasteiger partial charge in [-0.3, -0.25) is 0 Å². The smallest absolute Gasteiger partial charge is 0.203 e. The van der Waals surface area contributed by atoms with Gasteiger partial charge in [0.05, 0.1) is 7.11 Å². The van der Waals surface area contributed by atoms with E-state index in [9.17, 15) is 0 Å². The van der Waals surface area contributed by atoms with Gasteiger partial charge >= 0.3 is 0 Å². The van der Waals surface area contributed by atoms with Gasteiger partial charge in [-0.05, 0) is 24.1 Å². The third-order valence-corrected chi connectivity index (χ3v) is 2.73. The van der Waals surface area contributed by atoms with Gasteiger partial charge in [-0.2, -0.15) is 0 Å². The van der Waals surface area contributed by atoms with Gasteiger partial charge in [-0.25, -0.2) is 0 Å². The third-order valence-electron chi connectivity index (χ3n) is 2.40. The Bertz CT molecular complexity index is 360. The highest BCUT2D eigenvalue weighted by atomic mass is 79.9. The van der Waals surface area contributed by atoms with Crippen molar-refractivity contribution in [3.63, 3.8) is 0 Å². The van der Waals surface area contributed by atoms with E-state index in [1.54, 1.807) is 7.11 Å². The van der Waals surface area contributed by atoms with E-state index in [1.165, 1.54) is 5.56 Å². The summed E-state index contributed by atoms with van der Waals surface area (Å²) < 4.78 is 16.4. The molecular formula is C12H15BrO3. The second-order valence-electron chi connectivity index (χ2n) is 3.81. The van der Waals surface area contributed by atoms with Crippen LogP contribution in [0.4, 0.5) is 0 Å². The van der Waals surface area contributed by atoms with E-state index < -0.39 is 0 Å². The first kappa shape index (κ1) is 11.6. The van der Waals surface area contributed by atoms with Crippen molar-refractivity contribution in [3.8, 4) is 17.2 Å². The minimum Gasteiger partial charge on any atom is -0.493 e. The molecule has 0 N–H and O–H groups in total. The highest BCUT2D eigenvalue weighted by Crippen LogP contribution is 2.40. The number of fused-ring (bicyclic) bond motifs is 1. The van der Waals surface area contributed by atoms with Gasteiger partial charge in [0, 0.05) is 4.83 Å². The van der Waals surface area contributed by atoms with Gasteiger partial charge in [-0.15, -0.1) is 0 Å². The number of halogens is 1. The zero-order valence-electron chi connectivity index (χ0n) is 9.46. The van der Waals surface area contributed by atoms with E-state index in [0.29, 0.717) is 18.0 Å². The summed E-state index contributed by atoms with van der Waals surface area (Å²) in [6, 6.07) is 4.03. The van der Waals surface area contributed by atoms with E-state index in [2.05, 4.69) is 22.9 Å². The lowest BCUT2D eigenvalue weighted by molar-refractivity contribution is 0.165. The molecule has 0 aliphatic carbocycles. The SMILES string of the molecule is COc1cc(CC(C)Br)cc2c1OCCO2. The van der Waals surface area contributed by atoms with Crippen LogP contribution in [-0.2, 0) is 6.42 Å². The van der Waals surface area contributed by atoms with Gasteiger partial charge in [-0.1, -0.05) is 22.9 Å². The molecule has 88 valence electrons. The summed E-state index contributed by atoms with van der Waals surface area (Å²) in [5, 5.41) is 0. The van der Waals surface area contributed by atoms with Crippen molar-refractivity contribution in [2.45, 2.75) is 18.2 Å². The summed E-state index contributed by atoms with van der Waals surface area (Å²) in [5.74, 6) is 2.26. The topological polar surface area (TPSA) is 27.7 Å². The van der Waals surface area contributed by atoms with Crippen LogP contribution in [0.15, 0.2) is 12.1 Å². The second kappa shape index (κ2) is 4.95. The second-order valence-corrected chi connectivity index (χ2v) is 5.37. The van der Waals surface area contributed by atoms with Gasteiger partial charge in [0.25, 0.3) is 0 Å². The number of hydrogen-bond donors (Lipinski definition) is 0. The largest absolute Gasteiger partial charge is 0.493 e. The van der Waals surface area contributed by atoms with Crippen molar-refractivity contribution in [2.75, 3.05) is 20.3 Å². The molecule has 3 nitrogen and oxygen atoms in total. The van der Waals surface area contributed by atoms with E-state index >= 15 is 0 Å². The van der Waals surface area contributed by atoms with Crippen LogP contribution in [0, 0.1) is 0 Å². The molecule has 4 heteroatoms. The van der Waals surface area contributed by atoms with Crippen LogP contribution in [-0.4, -0.2) is 25.2 Å². The lowest BCUT2D eigenvalue weighted by atomic mass is 10.1. The van der Waals surface area contributed by atoms with Crippen molar-refractivity contribution in [2.24, 2.45) is 0 Å². The summed E-state index contributed by atoms with van der Waals surface area (Å²) in [6.07, 6.45) is 0.938. The first-order valence-corrected chi connectivity index (χ1v) is 6.23. The van der Waals surface area contributed by atoms with Crippen LogP contribution in [0.5, 0.6) is 17.2 Å². The summed E-state index contributed by atoms with van der Waals surface area (Å²) in [5.41, 5.74) is 1.19. The molecule has 0 bridgehead atoms. The molecule has 2 rings (SSSR count). The molecule has 0 spiro atoms. The van der Waals surface area contributed by atoms with Crippen molar-refractivity contribution >= 4 is 15.9 Å². The summed E-state index contributed by atoms with van der Waals surface area (Å²) >= 11 is 3.54. The van der Waals surface area contributed by atoms with Gasteiger partial charge in [0.2, 0.25) is 5.75 Å². The maximum absolute atomic E-state index is 5.57. The van der Waals surface area contributed by atoms with Crippen molar-refractivity contribution < 1.29 is 14.2 Å². The molecule has 1 heterocycles. The van der Waals surface area contributed by atoms with Crippen LogP contribution in [0.2, 0.25) is 0 Å². The maximum Gasteiger partial charge on any atom is 0.203 e. The highest BCUT2D eigenvalue weighted by molar-refractivity contribution is 9.09. The quantitative estimate of drug-likeness (QED) is 0.800. The van der Waals surface area contributed by atoms with Crippen LogP contribution in [0.3, 0.4) is 0 Å². The Balaban J connectivity index is 2.35. The molecule has 1 unspecified atom stereocenters. The number of benzene rings is 1. The summed E-state index contributed by atoms with van der Waals surface area (Å²) in [4.78, 5) is 0.430. The van der Waals surface area contributed by atoms with Crippen molar-refractivity contribution in [3.05, 3.63) is 17.7 Å². The Labute approximate surface area is 104 Å². The molecule has 1 aromatic rings. The zero-order chi connectivity index (χ0) is 11.5. The predicted octanol–water partition coefficient (Wildman–Crippen LogP) is 2.79. The Hall–Kier alpha value is -0.900. The molecule has 0 radical (unpaired) electrons. The van der Waals surface area contributed by atoms with Gasteiger partial charge < -0.3 is 14.2 Å². The maximum atomic E-state index is 5.57. The number of methoxy groups -OCH3 is 1. The normalized spacial score (nSPS) is 15.7. The van der Waals surface area contributed by atoms with Gasteiger partial charge in [0.1, 0.15) is 13.2 Å². The lowest BCUT2D eigenvalue weighted by Gasteiger charge is -2.21. The molecule has 1 aromatic carbocycles. The number of alkyl halides is 1. The average molecular weight is 287 g/mol. The van der Waals surface area contributed by atoms with Gasteiger partial charge in [0.15, 0.2) is 11.5 Å². The minimum absolute atomic E-state index is 0.430. The van der Waals surface area contributed by atoms with Crippen LogP contribution in [0.25, 0.3) is 0 Å². The monoisotopic (exact) mass is 286 g/mol. The van der Waals surface area contributed by atoms with E-state index in [-0.39, 0.29) is 0 Å². The third kappa shape index (κ3) is 2.43. The molecule has 0 fully saturated rings. The fourth-order valence-electron chi connectivity index (χ4n) is 1.77. The molecule has 0 amide bonds. The lowest BCUT2D eigenvalue weighted by Crippen LogP contribution is -2.16. The highest BCUT2D eigenvalue weighted by Gasteiger charge is 2.18. The van der Waals surface area contributed by atoms with Crippen LogP contribution in [0.1, 0.15) is 12.5 Å². The van der Waals surface area contributed by atoms with E-state index in [1.807, 2.05) is 12.1 Å². The van der Waals surface area contributed by atoms with Crippen LogP contribution >= 0.6 is 15.9 Å². The van der Waals surface area contributed by atoms with E-state index in [0.717, 1.165) is 23.7 Å². The molecule has 16 heavy (non-hydrogen) atoms. The standard InChI is InChI=1S/C12H15BrO3/c1-8(13)5-9-6-10(14-2)12-11(7-9)15-3-4-16-12/h6-8H,3-5H2,1-2H3. The first-order valence-electron chi connectivity index (χ1n) is 5.31. The number of ether oxygens (including phenoxy) is 3. The fourth-order valence-corrected chi connectivity index (χ4v) is 2.14. The zero-order valence-corrected chi connectivity index (χ0v) is 11.0. The predicted molar refractivity (Wildman–Crippen MR) is 66.1 cm³/mol. The van der Waals surface area contributed by atoms with Crippen molar-refractivity contribution in [1.82, 2.24) is 0 Å². The molecular weight excluding hydrogens is 272 g/mol. The Kier molecular flexibility index (Phi) is 3.59. The molecule has 1 aliphatic heterocycles. The molecule has 1 atom stereocenters. The van der Waals surface area contributed by atoms with Crippen LogP contribution < -0.4 is 14.2 Å². The fraction of sp³-hybridized carbons (Fsp3) is 0.500. The molecule has 0 saturated heterocycles. The summed E-state index contributed by atoms with van der Waals surface area (Å²) in [6.45, 7) is 3.30. The molecule has 0 aromatic heterocycles.